The van der Waals surface area contributed by atoms with Crippen molar-refractivity contribution in [2.24, 2.45) is 11.7 Å². The number of hydrogen-bond acceptors (Lipinski definition) is 9. The predicted octanol–water partition coefficient (Wildman–Crippen LogP) is 5.79. The van der Waals surface area contributed by atoms with E-state index in [0.29, 0.717) is 31.5 Å². The third kappa shape index (κ3) is 13.9. The second kappa shape index (κ2) is 20.9. The highest BCUT2D eigenvalue weighted by molar-refractivity contribution is 5.76. The summed E-state index contributed by atoms with van der Waals surface area (Å²) < 4.78 is 12.9. The Morgan fingerprint density at radius 2 is 1.56 bits per heavy atom. The third-order valence-electron chi connectivity index (χ3n) is 8.18. The van der Waals surface area contributed by atoms with Crippen LogP contribution in [-0.4, -0.2) is 50.2 Å². The van der Waals surface area contributed by atoms with Gasteiger partial charge in [-0.3, -0.25) is 19.4 Å². The number of anilines is 1. The maximum absolute atomic E-state index is 12.7. The van der Waals surface area contributed by atoms with E-state index >= 15 is 0 Å². The number of nitrogen functional groups attached to an aromatic ring is 1. The highest BCUT2D eigenvalue weighted by atomic mass is 16.6. The Labute approximate surface area is 256 Å². The molecule has 2 aromatic heterocycles. The standard InChI is InChI=1S/C32H56N6O5/c1-4-6-7-8-9-10-11-12-13-14-15-16-17-18-26(39)42-22-20-25(43-31(41)27(33)24(3)5-2)19-21-38-23-35-28-29(38)36-32(34)37-30(28)40/h23-25,27H,4-22,33H2,1-3H3,(H3,34,36,37,40)/t24-,25?,27-/m0/s1. The molecule has 0 aliphatic heterocycles. The second-order valence-corrected chi connectivity index (χ2v) is 11.8. The molecular weight excluding hydrogens is 548 g/mol. The van der Waals surface area contributed by atoms with E-state index < -0.39 is 23.7 Å². The fourth-order valence-electron chi connectivity index (χ4n) is 5.07. The van der Waals surface area contributed by atoms with E-state index in [-0.39, 0.29) is 30.0 Å². The van der Waals surface area contributed by atoms with Crippen LogP contribution in [0, 0.1) is 5.92 Å². The normalized spacial score (nSPS) is 13.6. The van der Waals surface area contributed by atoms with Crippen LogP contribution in [0.25, 0.3) is 11.2 Å². The van der Waals surface area contributed by atoms with Gasteiger partial charge in [0.05, 0.1) is 12.9 Å². The van der Waals surface area contributed by atoms with Crippen molar-refractivity contribution >= 4 is 29.1 Å². The first-order valence-corrected chi connectivity index (χ1v) is 16.6. The molecular formula is C32H56N6O5. The van der Waals surface area contributed by atoms with Crippen molar-refractivity contribution in [3.8, 4) is 0 Å². The van der Waals surface area contributed by atoms with Crippen LogP contribution >= 0.6 is 0 Å². The Balaban J connectivity index is 1.71. The summed E-state index contributed by atoms with van der Waals surface area (Å²) in [6.07, 6.45) is 19.1. The number of ether oxygens (including phenoxy) is 2. The largest absolute Gasteiger partial charge is 0.466 e. The molecule has 43 heavy (non-hydrogen) atoms. The van der Waals surface area contributed by atoms with Crippen molar-refractivity contribution in [2.45, 2.75) is 149 Å². The first kappa shape index (κ1) is 36.2. The molecule has 2 heterocycles. The van der Waals surface area contributed by atoms with Crippen LogP contribution in [0.1, 0.15) is 130 Å². The molecule has 5 N–H and O–H groups in total. The minimum Gasteiger partial charge on any atom is -0.466 e. The van der Waals surface area contributed by atoms with Gasteiger partial charge in [-0.2, -0.15) is 4.98 Å². The van der Waals surface area contributed by atoms with E-state index in [4.69, 9.17) is 20.9 Å². The first-order valence-electron chi connectivity index (χ1n) is 16.6. The summed E-state index contributed by atoms with van der Waals surface area (Å²) in [4.78, 5) is 47.9. The number of aromatic amines is 1. The highest BCUT2D eigenvalue weighted by Crippen LogP contribution is 2.16. The molecule has 0 aliphatic rings. The number of hydrogen-bond donors (Lipinski definition) is 3. The van der Waals surface area contributed by atoms with Gasteiger partial charge >= 0.3 is 11.9 Å². The molecule has 11 heteroatoms. The number of H-pyrrole nitrogens is 1. The Bertz CT molecular complexity index is 1130. The number of fused-ring (bicyclic) bond motifs is 1. The summed E-state index contributed by atoms with van der Waals surface area (Å²) >= 11 is 0. The number of rotatable bonds is 24. The Kier molecular flexibility index (Phi) is 17.6. The lowest BCUT2D eigenvalue weighted by Crippen LogP contribution is -2.40. The summed E-state index contributed by atoms with van der Waals surface area (Å²) in [5.41, 5.74) is 11.9. The fourth-order valence-corrected chi connectivity index (χ4v) is 5.07. The average molecular weight is 605 g/mol. The molecule has 2 aromatic rings. The maximum atomic E-state index is 12.7. The number of nitrogens with one attached hydrogen (secondary N) is 1. The number of carbonyl (C=O) groups excluding carboxylic acids is 2. The van der Waals surface area contributed by atoms with E-state index in [2.05, 4.69) is 21.9 Å². The minimum atomic E-state index is -0.736. The lowest BCUT2D eigenvalue weighted by Gasteiger charge is -2.23. The van der Waals surface area contributed by atoms with Gasteiger partial charge in [0, 0.05) is 25.8 Å². The van der Waals surface area contributed by atoms with Crippen LogP contribution in [0.3, 0.4) is 0 Å². The third-order valence-corrected chi connectivity index (χ3v) is 8.18. The van der Waals surface area contributed by atoms with Crippen LogP contribution < -0.4 is 17.0 Å². The van der Waals surface area contributed by atoms with Crippen molar-refractivity contribution in [3.05, 3.63) is 16.7 Å². The van der Waals surface area contributed by atoms with Crippen LogP contribution in [0.2, 0.25) is 0 Å². The smallest absolute Gasteiger partial charge is 0.323 e. The number of imidazole rings is 1. The van der Waals surface area contributed by atoms with Gasteiger partial charge in [0.15, 0.2) is 11.2 Å². The van der Waals surface area contributed by atoms with E-state index in [0.717, 1.165) is 25.7 Å². The molecule has 0 fully saturated rings. The van der Waals surface area contributed by atoms with E-state index in [1.807, 2.05) is 13.8 Å². The topological polar surface area (TPSA) is 168 Å². The summed E-state index contributed by atoms with van der Waals surface area (Å²) in [5.74, 6) is -0.740. The van der Waals surface area contributed by atoms with Crippen molar-refractivity contribution in [2.75, 3.05) is 12.3 Å². The lowest BCUT2D eigenvalue weighted by atomic mass is 10.0. The van der Waals surface area contributed by atoms with Gasteiger partial charge in [0.2, 0.25) is 5.95 Å². The average Bonchev–Trinajstić information content (AvgIpc) is 3.40. The molecule has 0 aromatic carbocycles. The SMILES string of the molecule is CCCCCCCCCCCCCCCC(=O)OCCC(CCn1cnc2c(=O)[nH]c(N)nc21)OC(=O)[C@@H](N)[C@@H](C)CC. The molecule has 0 aliphatic carbocycles. The van der Waals surface area contributed by atoms with Gasteiger partial charge in [-0.15, -0.1) is 0 Å². The molecule has 2 rings (SSSR count). The monoisotopic (exact) mass is 604 g/mol. The number of esters is 2. The number of aryl methyl sites for hydroxylation is 1. The molecule has 0 saturated carbocycles. The van der Waals surface area contributed by atoms with Crippen molar-refractivity contribution < 1.29 is 19.1 Å². The Hall–Kier alpha value is -2.95. The first-order chi connectivity index (χ1) is 20.8. The molecule has 0 saturated heterocycles. The Morgan fingerprint density at radius 3 is 2.16 bits per heavy atom. The number of aromatic nitrogens is 4. The molecule has 1 unspecified atom stereocenters. The molecule has 3 atom stereocenters. The minimum absolute atomic E-state index is 0.00263. The molecule has 0 spiro atoms. The maximum Gasteiger partial charge on any atom is 0.323 e. The van der Waals surface area contributed by atoms with Crippen molar-refractivity contribution in [1.29, 1.82) is 0 Å². The van der Waals surface area contributed by atoms with Crippen LogP contribution in [0.5, 0.6) is 0 Å². The summed E-state index contributed by atoms with van der Waals surface area (Å²) in [6.45, 7) is 6.64. The van der Waals surface area contributed by atoms with Gasteiger partial charge < -0.3 is 25.5 Å². The predicted molar refractivity (Wildman–Crippen MR) is 170 cm³/mol. The van der Waals surface area contributed by atoms with Crippen LogP contribution in [0.4, 0.5) is 5.95 Å². The van der Waals surface area contributed by atoms with Gasteiger partial charge in [0.25, 0.3) is 5.56 Å². The zero-order valence-corrected chi connectivity index (χ0v) is 26.8. The zero-order valence-electron chi connectivity index (χ0n) is 26.8. The fraction of sp³-hybridized carbons (Fsp3) is 0.781. The summed E-state index contributed by atoms with van der Waals surface area (Å²) in [7, 11) is 0. The van der Waals surface area contributed by atoms with Gasteiger partial charge in [-0.05, 0) is 12.3 Å². The Morgan fingerprint density at radius 1 is 0.953 bits per heavy atom. The van der Waals surface area contributed by atoms with Gasteiger partial charge in [0.1, 0.15) is 12.1 Å². The van der Waals surface area contributed by atoms with Gasteiger partial charge in [-0.25, -0.2) is 4.98 Å². The summed E-state index contributed by atoms with van der Waals surface area (Å²) in [6, 6.07) is -0.736. The van der Waals surface area contributed by atoms with E-state index in [1.54, 1.807) is 4.57 Å². The molecule has 244 valence electrons. The van der Waals surface area contributed by atoms with Crippen molar-refractivity contribution in [3.63, 3.8) is 0 Å². The highest BCUT2D eigenvalue weighted by Gasteiger charge is 2.25. The van der Waals surface area contributed by atoms with Gasteiger partial charge in [-0.1, -0.05) is 104 Å². The quantitative estimate of drug-likeness (QED) is 0.0991. The number of unbranched alkanes of at least 4 members (excludes halogenated alkanes) is 12. The van der Waals surface area contributed by atoms with Crippen LogP contribution in [0.15, 0.2) is 11.1 Å². The van der Waals surface area contributed by atoms with Crippen LogP contribution in [-0.2, 0) is 25.6 Å². The van der Waals surface area contributed by atoms with Crippen molar-refractivity contribution in [1.82, 2.24) is 19.5 Å². The molecule has 0 radical (unpaired) electrons. The lowest BCUT2D eigenvalue weighted by molar-refractivity contribution is -0.154. The number of nitrogens with two attached hydrogens (primary N) is 2. The molecule has 0 amide bonds. The van der Waals surface area contributed by atoms with E-state index in [9.17, 15) is 14.4 Å². The summed E-state index contributed by atoms with van der Waals surface area (Å²) in [5, 5.41) is 0. The molecule has 0 bridgehead atoms. The number of nitrogens with zero attached hydrogens (tertiary/aromatic N) is 3. The molecule has 11 nitrogen and oxygen atoms in total. The second-order valence-electron chi connectivity index (χ2n) is 11.8. The zero-order chi connectivity index (χ0) is 31.5. The number of carbonyl (C=O) groups is 2. The van der Waals surface area contributed by atoms with E-state index in [1.165, 1.54) is 70.5 Å².